The lowest BCUT2D eigenvalue weighted by Gasteiger charge is -2.02. The first-order valence-electron chi connectivity index (χ1n) is 5.96. The van der Waals surface area contributed by atoms with Crippen molar-refractivity contribution in [1.82, 2.24) is 4.57 Å². The second kappa shape index (κ2) is 4.63. The fourth-order valence-corrected chi connectivity index (χ4v) is 2.30. The summed E-state index contributed by atoms with van der Waals surface area (Å²) in [5, 5.41) is 0. The smallest absolute Gasteiger partial charge is 0.237 e. The van der Waals surface area contributed by atoms with Crippen LogP contribution < -0.4 is 4.57 Å². The Hall–Kier alpha value is -0.790. The predicted octanol–water partition coefficient (Wildman–Crippen LogP) is 2.69. The number of hydrogen-bond donors (Lipinski definition) is 0. The molecule has 1 aliphatic rings. The van der Waals surface area contributed by atoms with Crippen LogP contribution in [0.2, 0.25) is 0 Å². The van der Waals surface area contributed by atoms with Gasteiger partial charge in [-0.3, -0.25) is 0 Å². The molecule has 1 aromatic heterocycles. The molecule has 0 N–H and O–H groups in total. The van der Waals surface area contributed by atoms with Crippen molar-refractivity contribution in [3.8, 4) is 0 Å². The van der Waals surface area contributed by atoms with Gasteiger partial charge in [0.25, 0.3) is 0 Å². The molecule has 78 valence electrons. The average molecular weight is 193 g/mol. The minimum Gasteiger partial charge on any atom is -0.237 e. The van der Waals surface area contributed by atoms with Crippen molar-refractivity contribution in [3.05, 3.63) is 18.7 Å². The molecule has 1 heterocycles. The van der Waals surface area contributed by atoms with Crippen molar-refractivity contribution in [2.75, 3.05) is 0 Å². The number of aryl methyl sites for hydroxylation is 1. The van der Waals surface area contributed by atoms with Crippen LogP contribution in [0, 0.1) is 0 Å². The SMILES string of the molecule is CCCC[n+]1ccn(C2CCCC2)c1. The molecule has 0 aromatic carbocycles. The van der Waals surface area contributed by atoms with Crippen LogP contribution in [0.5, 0.6) is 0 Å². The zero-order valence-electron chi connectivity index (χ0n) is 9.15. The molecule has 1 fully saturated rings. The number of unbranched alkanes of at least 4 members (excludes halogenated alkanes) is 1. The summed E-state index contributed by atoms with van der Waals surface area (Å²) in [7, 11) is 0. The molecular formula is C12H21N2+. The summed E-state index contributed by atoms with van der Waals surface area (Å²) in [5.41, 5.74) is 0. The van der Waals surface area contributed by atoms with Crippen LogP contribution in [0.4, 0.5) is 0 Å². The molecule has 2 heteroatoms. The first-order valence-corrected chi connectivity index (χ1v) is 5.96. The first-order chi connectivity index (χ1) is 6.90. The maximum absolute atomic E-state index is 2.41. The molecular weight excluding hydrogens is 172 g/mol. The highest BCUT2D eigenvalue weighted by molar-refractivity contribution is 4.78. The third kappa shape index (κ3) is 2.17. The van der Waals surface area contributed by atoms with E-state index in [0.29, 0.717) is 0 Å². The summed E-state index contributed by atoms with van der Waals surface area (Å²) >= 11 is 0. The first kappa shape index (κ1) is 9.75. The van der Waals surface area contributed by atoms with Crippen LogP contribution in [-0.4, -0.2) is 4.57 Å². The Balaban J connectivity index is 1.94. The molecule has 2 nitrogen and oxygen atoms in total. The Bertz CT molecular complexity index is 272. The van der Waals surface area contributed by atoms with E-state index in [2.05, 4.69) is 34.8 Å². The maximum atomic E-state index is 2.41. The van der Waals surface area contributed by atoms with E-state index in [0.717, 1.165) is 6.04 Å². The molecule has 0 spiro atoms. The Morgan fingerprint density at radius 2 is 2.14 bits per heavy atom. The normalized spacial score (nSPS) is 17.8. The van der Waals surface area contributed by atoms with E-state index in [1.54, 1.807) is 0 Å². The van der Waals surface area contributed by atoms with Crippen molar-refractivity contribution >= 4 is 0 Å². The van der Waals surface area contributed by atoms with Gasteiger partial charge in [0.2, 0.25) is 6.33 Å². The number of aromatic nitrogens is 2. The standard InChI is InChI=1S/C12H21N2/c1-2-3-8-13-9-10-14(11-13)12-6-4-5-7-12/h9-12H,2-8H2,1H3/q+1. The van der Waals surface area contributed by atoms with Crippen LogP contribution in [0.15, 0.2) is 18.7 Å². The molecule has 1 saturated carbocycles. The van der Waals surface area contributed by atoms with E-state index in [1.165, 1.54) is 45.1 Å². The minimum absolute atomic E-state index is 0.790. The fourth-order valence-electron chi connectivity index (χ4n) is 2.30. The van der Waals surface area contributed by atoms with Crippen molar-refractivity contribution in [2.24, 2.45) is 0 Å². The molecule has 0 atom stereocenters. The number of imidazole rings is 1. The summed E-state index contributed by atoms with van der Waals surface area (Å²) in [6.45, 7) is 3.42. The molecule has 0 aliphatic heterocycles. The Kier molecular flexibility index (Phi) is 3.22. The minimum atomic E-state index is 0.790. The van der Waals surface area contributed by atoms with Crippen molar-refractivity contribution in [2.45, 2.75) is 58.0 Å². The van der Waals surface area contributed by atoms with Gasteiger partial charge in [-0.2, -0.15) is 0 Å². The number of nitrogens with zero attached hydrogens (tertiary/aromatic N) is 2. The monoisotopic (exact) mass is 193 g/mol. The van der Waals surface area contributed by atoms with Crippen LogP contribution in [-0.2, 0) is 6.54 Å². The second-order valence-electron chi connectivity index (χ2n) is 4.39. The highest BCUT2D eigenvalue weighted by Crippen LogP contribution is 2.28. The second-order valence-corrected chi connectivity index (χ2v) is 4.39. The summed E-state index contributed by atoms with van der Waals surface area (Å²) in [4.78, 5) is 0. The van der Waals surface area contributed by atoms with Crippen LogP contribution in [0.25, 0.3) is 0 Å². The summed E-state index contributed by atoms with van der Waals surface area (Å²) < 4.78 is 4.73. The van der Waals surface area contributed by atoms with Gasteiger partial charge in [-0.25, -0.2) is 9.13 Å². The van der Waals surface area contributed by atoms with Crippen molar-refractivity contribution in [1.29, 1.82) is 0 Å². The van der Waals surface area contributed by atoms with Gasteiger partial charge in [-0.1, -0.05) is 13.3 Å². The van der Waals surface area contributed by atoms with Crippen LogP contribution in [0.3, 0.4) is 0 Å². The van der Waals surface area contributed by atoms with Gasteiger partial charge in [0.05, 0.1) is 6.54 Å². The van der Waals surface area contributed by atoms with Gasteiger partial charge in [0.15, 0.2) is 0 Å². The molecule has 14 heavy (non-hydrogen) atoms. The molecule has 0 saturated heterocycles. The van der Waals surface area contributed by atoms with E-state index >= 15 is 0 Å². The molecule has 0 bridgehead atoms. The largest absolute Gasteiger partial charge is 0.243 e. The highest BCUT2D eigenvalue weighted by atomic mass is 15.1. The maximum Gasteiger partial charge on any atom is 0.243 e. The van der Waals surface area contributed by atoms with E-state index < -0.39 is 0 Å². The topological polar surface area (TPSA) is 8.81 Å². The molecule has 2 rings (SSSR count). The lowest BCUT2D eigenvalue weighted by molar-refractivity contribution is -0.697. The molecule has 0 radical (unpaired) electrons. The molecule has 0 amide bonds. The number of hydrogen-bond acceptors (Lipinski definition) is 0. The third-order valence-corrected chi connectivity index (χ3v) is 3.23. The van der Waals surface area contributed by atoms with E-state index in [1.807, 2.05) is 0 Å². The third-order valence-electron chi connectivity index (χ3n) is 3.23. The zero-order chi connectivity index (χ0) is 9.80. The molecule has 0 unspecified atom stereocenters. The zero-order valence-corrected chi connectivity index (χ0v) is 9.15. The predicted molar refractivity (Wildman–Crippen MR) is 57.0 cm³/mol. The van der Waals surface area contributed by atoms with Gasteiger partial charge in [-0.15, -0.1) is 0 Å². The Morgan fingerprint density at radius 1 is 1.36 bits per heavy atom. The highest BCUT2D eigenvalue weighted by Gasteiger charge is 2.20. The Morgan fingerprint density at radius 3 is 2.86 bits per heavy atom. The van der Waals surface area contributed by atoms with Crippen LogP contribution in [0.1, 0.15) is 51.5 Å². The fraction of sp³-hybridized carbons (Fsp3) is 0.750. The van der Waals surface area contributed by atoms with Gasteiger partial charge in [0, 0.05) is 0 Å². The van der Waals surface area contributed by atoms with Gasteiger partial charge in [-0.05, 0) is 32.1 Å². The lowest BCUT2D eigenvalue weighted by atomic mass is 10.2. The summed E-state index contributed by atoms with van der Waals surface area (Å²) in [6, 6.07) is 0.790. The Labute approximate surface area is 86.6 Å². The van der Waals surface area contributed by atoms with E-state index in [-0.39, 0.29) is 0 Å². The molecule has 1 aromatic rings. The van der Waals surface area contributed by atoms with Gasteiger partial charge < -0.3 is 0 Å². The average Bonchev–Trinajstić information content (AvgIpc) is 2.85. The van der Waals surface area contributed by atoms with Crippen molar-refractivity contribution in [3.63, 3.8) is 0 Å². The summed E-state index contributed by atoms with van der Waals surface area (Å²) in [5.74, 6) is 0. The molecule has 1 aliphatic carbocycles. The van der Waals surface area contributed by atoms with Crippen molar-refractivity contribution < 1.29 is 4.57 Å². The summed E-state index contributed by atoms with van der Waals surface area (Å²) in [6.07, 6.45) is 14.9. The quantitative estimate of drug-likeness (QED) is 0.650. The van der Waals surface area contributed by atoms with Gasteiger partial charge in [0.1, 0.15) is 18.4 Å². The number of rotatable bonds is 4. The van der Waals surface area contributed by atoms with Crippen LogP contribution >= 0.6 is 0 Å². The van der Waals surface area contributed by atoms with Gasteiger partial charge >= 0.3 is 0 Å². The van der Waals surface area contributed by atoms with E-state index in [9.17, 15) is 0 Å². The van der Waals surface area contributed by atoms with E-state index in [4.69, 9.17) is 0 Å². The lowest BCUT2D eigenvalue weighted by Crippen LogP contribution is -2.30.